The number of hydrogen-bond donors (Lipinski definition) is 1. The standard InChI is InChI=1S/C13H15N3O2/c17-15-9-12-10-18-13(16-12)6-2-1-4-11-5-3-7-14-8-11/h3,5,7-10,17H,1-2,4,6H2/b15-9+. The van der Waals surface area contributed by atoms with E-state index < -0.39 is 0 Å². The summed E-state index contributed by atoms with van der Waals surface area (Å²) in [7, 11) is 0. The molecule has 0 amide bonds. The van der Waals surface area contributed by atoms with E-state index in [0.29, 0.717) is 11.6 Å². The van der Waals surface area contributed by atoms with Gasteiger partial charge in [0.2, 0.25) is 0 Å². The van der Waals surface area contributed by atoms with Crippen molar-refractivity contribution in [2.45, 2.75) is 25.7 Å². The topological polar surface area (TPSA) is 71.5 Å². The van der Waals surface area contributed by atoms with Gasteiger partial charge in [0.05, 0.1) is 6.21 Å². The Hall–Kier alpha value is -2.17. The maximum atomic E-state index is 8.35. The first-order valence-electron chi connectivity index (χ1n) is 5.89. The highest BCUT2D eigenvalue weighted by atomic mass is 16.4. The van der Waals surface area contributed by atoms with Crippen LogP contribution in [0.1, 0.15) is 30.0 Å². The average Bonchev–Trinajstić information content (AvgIpc) is 2.84. The summed E-state index contributed by atoms with van der Waals surface area (Å²) in [6, 6.07) is 4.03. The molecule has 0 aliphatic heterocycles. The van der Waals surface area contributed by atoms with Crippen LogP contribution in [0.15, 0.2) is 40.4 Å². The van der Waals surface area contributed by atoms with Crippen LogP contribution in [-0.2, 0) is 12.8 Å². The summed E-state index contributed by atoms with van der Waals surface area (Å²) >= 11 is 0. The molecule has 0 aromatic carbocycles. The minimum atomic E-state index is 0.541. The number of aryl methyl sites for hydroxylation is 2. The van der Waals surface area contributed by atoms with E-state index in [4.69, 9.17) is 9.62 Å². The van der Waals surface area contributed by atoms with Crippen LogP contribution in [0.3, 0.4) is 0 Å². The van der Waals surface area contributed by atoms with Crippen molar-refractivity contribution in [2.75, 3.05) is 0 Å². The Morgan fingerprint density at radius 1 is 1.33 bits per heavy atom. The first-order valence-corrected chi connectivity index (χ1v) is 5.89. The molecular weight excluding hydrogens is 230 g/mol. The largest absolute Gasteiger partial charge is 0.448 e. The molecule has 0 aliphatic carbocycles. The molecule has 1 N–H and O–H groups in total. The average molecular weight is 245 g/mol. The Morgan fingerprint density at radius 3 is 3.00 bits per heavy atom. The van der Waals surface area contributed by atoms with Crippen molar-refractivity contribution < 1.29 is 9.62 Å². The summed E-state index contributed by atoms with van der Waals surface area (Å²) in [5.41, 5.74) is 1.79. The second-order valence-corrected chi connectivity index (χ2v) is 3.98. The Morgan fingerprint density at radius 2 is 2.22 bits per heavy atom. The molecule has 2 rings (SSSR count). The van der Waals surface area contributed by atoms with E-state index in [-0.39, 0.29) is 0 Å². The van der Waals surface area contributed by atoms with E-state index in [9.17, 15) is 0 Å². The van der Waals surface area contributed by atoms with E-state index in [1.165, 1.54) is 18.0 Å². The van der Waals surface area contributed by atoms with Crippen LogP contribution in [0, 0.1) is 0 Å². The lowest BCUT2D eigenvalue weighted by atomic mass is 10.1. The summed E-state index contributed by atoms with van der Waals surface area (Å²) < 4.78 is 5.24. The Kier molecular flexibility index (Phi) is 4.46. The van der Waals surface area contributed by atoms with Crippen molar-refractivity contribution in [3.05, 3.63) is 47.9 Å². The molecule has 5 nitrogen and oxygen atoms in total. The fourth-order valence-electron chi connectivity index (χ4n) is 1.71. The van der Waals surface area contributed by atoms with E-state index in [2.05, 4.69) is 21.2 Å². The van der Waals surface area contributed by atoms with Crippen LogP contribution in [0.4, 0.5) is 0 Å². The zero-order valence-electron chi connectivity index (χ0n) is 9.99. The number of unbranched alkanes of at least 4 members (excludes halogenated alkanes) is 1. The van der Waals surface area contributed by atoms with Crippen LogP contribution in [0.2, 0.25) is 0 Å². The Labute approximate surface area is 105 Å². The van der Waals surface area contributed by atoms with Gasteiger partial charge in [0, 0.05) is 18.8 Å². The third-order valence-electron chi connectivity index (χ3n) is 2.59. The van der Waals surface area contributed by atoms with E-state index in [1.54, 1.807) is 6.20 Å². The predicted molar refractivity (Wildman–Crippen MR) is 66.8 cm³/mol. The second kappa shape index (κ2) is 6.54. The fraction of sp³-hybridized carbons (Fsp3) is 0.308. The van der Waals surface area contributed by atoms with Crippen LogP contribution in [0.25, 0.3) is 0 Å². The fourth-order valence-corrected chi connectivity index (χ4v) is 1.71. The highest BCUT2D eigenvalue weighted by molar-refractivity contribution is 5.75. The number of aromatic nitrogens is 2. The lowest BCUT2D eigenvalue weighted by Gasteiger charge is -1.99. The maximum Gasteiger partial charge on any atom is 0.194 e. The third-order valence-corrected chi connectivity index (χ3v) is 2.59. The molecule has 18 heavy (non-hydrogen) atoms. The minimum absolute atomic E-state index is 0.541. The molecule has 2 aromatic heterocycles. The van der Waals surface area contributed by atoms with Crippen molar-refractivity contribution in [3.63, 3.8) is 0 Å². The van der Waals surface area contributed by atoms with E-state index in [1.807, 2.05) is 12.3 Å². The summed E-state index contributed by atoms with van der Waals surface area (Å²) in [6.45, 7) is 0. The van der Waals surface area contributed by atoms with Crippen molar-refractivity contribution in [2.24, 2.45) is 5.16 Å². The molecule has 94 valence electrons. The van der Waals surface area contributed by atoms with Crippen LogP contribution < -0.4 is 0 Å². The van der Waals surface area contributed by atoms with E-state index >= 15 is 0 Å². The summed E-state index contributed by atoms with van der Waals surface area (Å²) in [6.07, 6.45) is 10.3. The van der Waals surface area contributed by atoms with Gasteiger partial charge in [-0.15, -0.1) is 0 Å². The molecule has 0 saturated carbocycles. The molecule has 0 unspecified atom stereocenters. The Balaban J connectivity index is 1.72. The molecule has 0 saturated heterocycles. The minimum Gasteiger partial charge on any atom is -0.448 e. The number of hydrogen-bond acceptors (Lipinski definition) is 5. The molecule has 0 spiro atoms. The summed E-state index contributed by atoms with van der Waals surface area (Å²) in [4.78, 5) is 8.23. The lowest BCUT2D eigenvalue weighted by Crippen LogP contribution is -1.91. The van der Waals surface area contributed by atoms with Gasteiger partial charge in [-0.25, -0.2) is 4.98 Å². The maximum absolute atomic E-state index is 8.35. The number of oxazole rings is 1. The van der Waals surface area contributed by atoms with Gasteiger partial charge < -0.3 is 9.62 Å². The molecule has 0 aliphatic rings. The van der Waals surface area contributed by atoms with Gasteiger partial charge in [-0.3, -0.25) is 4.98 Å². The molecule has 0 atom stereocenters. The van der Waals surface area contributed by atoms with E-state index in [0.717, 1.165) is 25.7 Å². The monoisotopic (exact) mass is 245 g/mol. The molecule has 2 aromatic rings. The van der Waals surface area contributed by atoms with Crippen molar-refractivity contribution >= 4 is 6.21 Å². The number of oxime groups is 1. The molecule has 2 heterocycles. The zero-order valence-corrected chi connectivity index (χ0v) is 9.99. The summed E-state index contributed by atoms with van der Waals surface area (Å²) in [5.74, 6) is 0.677. The molecule has 5 heteroatoms. The molecule has 0 bridgehead atoms. The lowest BCUT2D eigenvalue weighted by molar-refractivity contribution is 0.321. The van der Waals surface area contributed by atoms with Gasteiger partial charge in [0.15, 0.2) is 5.89 Å². The van der Waals surface area contributed by atoms with Gasteiger partial charge in [-0.05, 0) is 30.9 Å². The van der Waals surface area contributed by atoms with Crippen LogP contribution >= 0.6 is 0 Å². The van der Waals surface area contributed by atoms with Gasteiger partial charge >= 0.3 is 0 Å². The van der Waals surface area contributed by atoms with Gasteiger partial charge in [-0.1, -0.05) is 11.2 Å². The van der Waals surface area contributed by atoms with Crippen molar-refractivity contribution in [1.29, 1.82) is 0 Å². The smallest absolute Gasteiger partial charge is 0.194 e. The molecule has 0 radical (unpaired) electrons. The highest BCUT2D eigenvalue weighted by Gasteiger charge is 2.02. The van der Waals surface area contributed by atoms with Gasteiger partial charge in [-0.2, -0.15) is 0 Å². The van der Waals surface area contributed by atoms with Gasteiger partial charge in [0.25, 0.3) is 0 Å². The SMILES string of the molecule is O/N=C/c1coc(CCCCc2cccnc2)n1. The molecular formula is C13H15N3O2. The number of rotatable bonds is 6. The second-order valence-electron chi connectivity index (χ2n) is 3.98. The quantitative estimate of drug-likeness (QED) is 0.367. The van der Waals surface area contributed by atoms with Crippen molar-refractivity contribution in [1.82, 2.24) is 9.97 Å². The molecule has 0 fully saturated rings. The normalized spacial score (nSPS) is 11.1. The first kappa shape index (κ1) is 12.3. The first-order chi connectivity index (χ1) is 8.88. The third kappa shape index (κ3) is 3.69. The number of nitrogens with zero attached hydrogens (tertiary/aromatic N) is 3. The number of pyridine rings is 1. The van der Waals surface area contributed by atoms with Gasteiger partial charge in [0.1, 0.15) is 12.0 Å². The van der Waals surface area contributed by atoms with Crippen LogP contribution in [-0.4, -0.2) is 21.4 Å². The van der Waals surface area contributed by atoms with Crippen molar-refractivity contribution in [3.8, 4) is 0 Å². The zero-order chi connectivity index (χ0) is 12.6. The van der Waals surface area contributed by atoms with Crippen LogP contribution in [0.5, 0.6) is 0 Å². The summed E-state index contributed by atoms with van der Waals surface area (Å²) in [5, 5.41) is 11.3. The highest BCUT2D eigenvalue weighted by Crippen LogP contribution is 2.08. The predicted octanol–water partition coefficient (Wildman–Crippen LogP) is 2.44. The Bertz CT molecular complexity index is 494.